The molecule has 0 atom stereocenters. The zero-order valence-electron chi connectivity index (χ0n) is 13.0. The van der Waals surface area contributed by atoms with Gasteiger partial charge in [-0.25, -0.2) is 9.37 Å². The summed E-state index contributed by atoms with van der Waals surface area (Å²) in [5.41, 5.74) is 0.998. The normalized spacial score (nSPS) is 10.8. The molecule has 3 aromatic rings. The van der Waals surface area contributed by atoms with E-state index in [1.54, 1.807) is 24.5 Å². The summed E-state index contributed by atoms with van der Waals surface area (Å²) in [6, 6.07) is 6.16. The van der Waals surface area contributed by atoms with Gasteiger partial charge in [0.05, 0.1) is 11.4 Å². The molecule has 0 N–H and O–H groups in total. The largest absolute Gasteiger partial charge is 0.312 e. The second-order valence-corrected chi connectivity index (χ2v) is 6.72. The number of hydrogen-bond acceptors (Lipinski definition) is 6. The number of aryl methyl sites for hydroxylation is 1. The lowest BCUT2D eigenvalue weighted by Gasteiger charge is -2.18. The Morgan fingerprint density at radius 1 is 1.42 bits per heavy atom. The highest BCUT2D eigenvalue weighted by Crippen LogP contribution is 2.32. The standard InChI is InChI=1S/C15H14FN5OS2/c1-10(22)21(13-6-4-3-5-12(13)16)14-18-11(7-23-14)8-24-15-19-17-9-20(15)2/h3-7,9H,8H2,1-2H3. The average molecular weight is 363 g/mol. The number of hydrogen-bond donors (Lipinski definition) is 0. The van der Waals surface area contributed by atoms with Crippen molar-refractivity contribution in [2.75, 3.05) is 4.90 Å². The number of rotatable bonds is 5. The molecule has 0 spiro atoms. The van der Waals surface area contributed by atoms with Crippen molar-refractivity contribution in [3.63, 3.8) is 0 Å². The molecule has 2 aromatic heterocycles. The quantitative estimate of drug-likeness (QED) is 0.650. The topological polar surface area (TPSA) is 63.9 Å². The van der Waals surface area contributed by atoms with Gasteiger partial charge in [0.15, 0.2) is 10.3 Å². The summed E-state index contributed by atoms with van der Waals surface area (Å²) in [7, 11) is 1.87. The molecule has 0 saturated heterocycles. The number of benzene rings is 1. The number of amides is 1. The maximum absolute atomic E-state index is 14.0. The number of thioether (sulfide) groups is 1. The molecule has 2 heterocycles. The molecular formula is C15H14FN5OS2. The molecule has 9 heteroatoms. The Balaban J connectivity index is 1.81. The van der Waals surface area contributed by atoms with E-state index in [1.165, 1.54) is 41.0 Å². The fraction of sp³-hybridized carbons (Fsp3) is 0.200. The summed E-state index contributed by atoms with van der Waals surface area (Å²) >= 11 is 2.80. The van der Waals surface area contributed by atoms with E-state index >= 15 is 0 Å². The first kappa shape index (κ1) is 16.6. The van der Waals surface area contributed by atoms with E-state index in [4.69, 9.17) is 0 Å². The van der Waals surface area contributed by atoms with Gasteiger partial charge >= 0.3 is 0 Å². The van der Waals surface area contributed by atoms with Crippen molar-refractivity contribution >= 4 is 39.8 Å². The lowest BCUT2D eigenvalue weighted by atomic mass is 10.3. The van der Waals surface area contributed by atoms with E-state index in [-0.39, 0.29) is 11.6 Å². The number of carbonyl (C=O) groups is 1. The zero-order valence-corrected chi connectivity index (χ0v) is 14.6. The Kier molecular flexibility index (Phi) is 4.91. The van der Waals surface area contributed by atoms with Gasteiger partial charge in [-0.1, -0.05) is 23.9 Å². The van der Waals surface area contributed by atoms with E-state index in [9.17, 15) is 9.18 Å². The van der Waals surface area contributed by atoms with Crippen molar-refractivity contribution in [2.24, 2.45) is 7.05 Å². The minimum absolute atomic E-state index is 0.201. The Labute approximate surface area is 146 Å². The molecule has 0 fully saturated rings. The first-order valence-electron chi connectivity index (χ1n) is 7.02. The highest BCUT2D eigenvalue weighted by atomic mass is 32.2. The van der Waals surface area contributed by atoms with Gasteiger partial charge in [0, 0.05) is 25.1 Å². The third-order valence-corrected chi connectivity index (χ3v) is 5.10. The fourth-order valence-electron chi connectivity index (χ4n) is 2.05. The van der Waals surface area contributed by atoms with Gasteiger partial charge in [0.1, 0.15) is 12.1 Å². The minimum Gasteiger partial charge on any atom is -0.312 e. The zero-order chi connectivity index (χ0) is 17.1. The Morgan fingerprint density at radius 2 is 2.21 bits per heavy atom. The molecule has 6 nitrogen and oxygen atoms in total. The van der Waals surface area contributed by atoms with Crippen LogP contribution in [0.15, 0.2) is 41.1 Å². The summed E-state index contributed by atoms with van der Waals surface area (Å²) in [6.45, 7) is 1.39. The van der Waals surface area contributed by atoms with Gasteiger partial charge in [-0.2, -0.15) is 0 Å². The molecule has 0 bridgehead atoms. The first-order valence-corrected chi connectivity index (χ1v) is 8.89. The molecule has 0 aliphatic carbocycles. The van der Waals surface area contributed by atoms with Crippen molar-refractivity contribution in [3.8, 4) is 0 Å². The fourth-order valence-corrected chi connectivity index (χ4v) is 3.81. The highest BCUT2D eigenvalue weighted by Gasteiger charge is 2.20. The third-order valence-electron chi connectivity index (χ3n) is 3.16. The number of para-hydroxylation sites is 1. The van der Waals surface area contributed by atoms with Crippen molar-refractivity contribution in [2.45, 2.75) is 17.8 Å². The van der Waals surface area contributed by atoms with Crippen molar-refractivity contribution in [1.29, 1.82) is 0 Å². The monoisotopic (exact) mass is 363 g/mol. The lowest BCUT2D eigenvalue weighted by molar-refractivity contribution is -0.115. The van der Waals surface area contributed by atoms with Gasteiger partial charge in [-0.05, 0) is 12.1 Å². The number of halogens is 1. The Hall–Kier alpha value is -2.26. The van der Waals surface area contributed by atoms with Gasteiger partial charge in [0.25, 0.3) is 0 Å². The van der Waals surface area contributed by atoms with E-state index < -0.39 is 5.82 Å². The van der Waals surface area contributed by atoms with Crippen LogP contribution in [-0.2, 0) is 17.6 Å². The summed E-state index contributed by atoms with van der Waals surface area (Å²) < 4.78 is 15.9. The van der Waals surface area contributed by atoms with Crippen LogP contribution in [0, 0.1) is 5.82 Å². The molecule has 0 saturated carbocycles. The maximum Gasteiger partial charge on any atom is 0.230 e. The second-order valence-electron chi connectivity index (χ2n) is 4.94. The average Bonchev–Trinajstić information content (AvgIpc) is 3.16. The summed E-state index contributed by atoms with van der Waals surface area (Å²) in [5.74, 6) is -0.161. The lowest BCUT2D eigenvalue weighted by Crippen LogP contribution is -2.23. The maximum atomic E-state index is 14.0. The Morgan fingerprint density at radius 3 is 2.88 bits per heavy atom. The van der Waals surface area contributed by atoms with E-state index in [1.807, 2.05) is 17.0 Å². The van der Waals surface area contributed by atoms with Crippen molar-refractivity contribution in [3.05, 3.63) is 47.5 Å². The predicted octanol–water partition coefficient (Wildman–Crippen LogP) is 3.39. The molecule has 0 aliphatic rings. The molecule has 1 amide bonds. The number of thiazole rings is 1. The molecule has 124 valence electrons. The second kappa shape index (κ2) is 7.10. The van der Waals surface area contributed by atoms with Crippen LogP contribution < -0.4 is 4.90 Å². The van der Waals surface area contributed by atoms with Crippen LogP contribution in [0.5, 0.6) is 0 Å². The summed E-state index contributed by atoms with van der Waals surface area (Å²) in [4.78, 5) is 17.7. The molecule has 24 heavy (non-hydrogen) atoms. The van der Waals surface area contributed by atoms with Crippen LogP contribution in [-0.4, -0.2) is 25.7 Å². The molecule has 0 unspecified atom stereocenters. The number of carbonyl (C=O) groups excluding carboxylic acids is 1. The van der Waals surface area contributed by atoms with Crippen molar-refractivity contribution in [1.82, 2.24) is 19.7 Å². The van der Waals surface area contributed by atoms with E-state index in [0.717, 1.165) is 10.9 Å². The van der Waals surface area contributed by atoms with Crippen LogP contribution >= 0.6 is 23.1 Å². The number of anilines is 2. The van der Waals surface area contributed by atoms with Crippen LogP contribution in [0.25, 0.3) is 0 Å². The first-order chi connectivity index (χ1) is 11.6. The predicted molar refractivity (Wildman–Crippen MR) is 91.9 cm³/mol. The molecule has 1 aromatic carbocycles. The van der Waals surface area contributed by atoms with Crippen LogP contribution in [0.3, 0.4) is 0 Å². The van der Waals surface area contributed by atoms with Gasteiger partial charge < -0.3 is 4.57 Å². The van der Waals surface area contributed by atoms with Crippen LogP contribution in [0.4, 0.5) is 15.2 Å². The Bertz CT molecular complexity index is 863. The van der Waals surface area contributed by atoms with Gasteiger partial charge in [-0.3, -0.25) is 9.69 Å². The smallest absolute Gasteiger partial charge is 0.230 e. The molecule has 3 rings (SSSR count). The van der Waals surface area contributed by atoms with Crippen LogP contribution in [0.1, 0.15) is 12.6 Å². The summed E-state index contributed by atoms with van der Waals surface area (Å²) in [5, 5.41) is 10.9. The van der Waals surface area contributed by atoms with Gasteiger partial charge in [0.2, 0.25) is 5.91 Å². The third kappa shape index (κ3) is 3.46. The van der Waals surface area contributed by atoms with Crippen molar-refractivity contribution < 1.29 is 9.18 Å². The minimum atomic E-state index is -0.460. The van der Waals surface area contributed by atoms with E-state index in [2.05, 4.69) is 15.2 Å². The van der Waals surface area contributed by atoms with E-state index in [0.29, 0.717) is 10.9 Å². The number of aromatic nitrogens is 4. The van der Waals surface area contributed by atoms with Gasteiger partial charge in [-0.15, -0.1) is 21.5 Å². The molecule has 0 radical (unpaired) electrons. The number of nitrogens with zero attached hydrogens (tertiary/aromatic N) is 5. The molecular weight excluding hydrogens is 349 g/mol. The highest BCUT2D eigenvalue weighted by molar-refractivity contribution is 7.98. The SMILES string of the molecule is CC(=O)N(c1nc(CSc2nncn2C)cs1)c1ccccc1F. The molecule has 0 aliphatic heterocycles. The van der Waals surface area contributed by atoms with Crippen LogP contribution in [0.2, 0.25) is 0 Å². The summed E-state index contributed by atoms with van der Waals surface area (Å²) in [6.07, 6.45) is 1.63.